The Hall–Kier alpha value is -0.480. The highest BCUT2D eigenvalue weighted by atomic mass is 32.2. The second kappa shape index (κ2) is 6.18. The van der Waals surface area contributed by atoms with Gasteiger partial charge in [-0.15, -0.1) is 0 Å². The van der Waals surface area contributed by atoms with Crippen LogP contribution in [0.1, 0.15) is 32.0 Å². The molecule has 0 saturated heterocycles. The molecule has 0 saturated carbocycles. The van der Waals surface area contributed by atoms with Gasteiger partial charge in [-0.05, 0) is 24.3 Å². The molecule has 0 aromatic carbocycles. The van der Waals surface area contributed by atoms with E-state index < -0.39 is 0 Å². The molecule has 0 amide bonds. The maximum atomic E-state index is 6.02. The zero-order valence-corrected chi connectivity index (χ0v) is 10.6. The molecular weight excluding hydrogens is 206 g/mol. The van der Waals surface area contributed by atoms with Gasteiger partial charge in [-0.2, -0.15) is 11.8 Å². The third-order valence-electron chi connectivity index (χ3n) is 2.52. The Labute approximate surface area is 96.5 Å². The van der Waals surface area contributed by atoms with E-state index in [0.29, 0.717) is 5.92 Å². The maximum Gasteiger partial charge on any atom is 0.0948 e. The van der Waals surface area contributed by atoms with E-state index in [4.69, 9.17) is 5.73 Å². The van der Waals surface area contributed by atoms with Gasteiger partial charge in [0.25, 0.3) is 0 Å². The first-order chi connectivity index (χ1) is 7.19. The molecule has 86 valence electrons. The van der Waals surface area contributed by atoms with Crippen molar-refractivity contribution in [2.45, 2.75) is 32.9 Å². The second-order valence-electron chi connectivity index (χ2n) is 4.05. The molecule has 4 heteroatoms. The highest BCUT2D eigenvalue weighted by Crippen LogP contribution is 2.15. The summed E-state index contributed by atoms with van der Waals surface area (Å²) in [6, 6.07) is 0.119. The topological polar surface area (TPSA) is 43.8 Å². The highest BCUT2D eigenvalue weighted by Gasteiger charge is 2.11. The number of aromatic nitrogens is 2. The molecule has 1 unspecified atom stereocenters. The lowest BCUT2D eigenvalue weighted by Crippen LogP contribution is -2.17. The number of imidazole rings is 1. The highest BCUT2D eigenvalue weighted by molar-refractivity contribution is 7.98. The molecule has 1 rings (SSSR count). The average molecular weight is 227 g/mol. The van der Waals surface area contributed by atoms with Crippen LogP contribution in [0, 0.1) is 5.92 Å². The van der Waals surface area contributed by atoms with E-state index in [-0.39, 0.29) is 6.04 Å². The van der Waals surface area contributed by atoms with Gasteiger partial charge in [0.1, 0.15) is 0 Å². The Balaban J connectivity index is 2.64. The average Bonchev–Trinajstić information content (AvgIpc) is 2.65. The van der Waals surface area contributed by atoms with Gasteiger partial charge in [-0.3, -0.25) is 0 Å². The van der Waals surface area contributed by atoms with Crippen LogP contribution in [0.3, 0.4) is 0 Å². The smallest absolute Gasteiger partial charge is 0.0948 e. The largest absolute Gasteiger partial charge is 0.333 e. The first-order valence-corrected chi connectivity index (χ1v) is 6.83. The fourth-order valence-electron chi connectivity index (χ4n) is 1.67. The fraction of sp³-hybridized carbons (Fsp3) is 0.727. The molecule has 1 aromatic heterocycles. The van der Waals surface area contributed by atoms with Gasteiger partial charge in [0.2, 0.25) is 0 Å². The Bertz CT molecular complexity index is 285. The first-order valence-electron chi connectivity index (χ1n) is 5.43. The minimum absolute atomic E-state index is 0.119. The molecule has 3 nitrogen and oxygen atoms in total. The summed E-state index contributed by atoms with van der Waals surface area (Å²) in [6.07, 6.45) is 6.88. The number of thioether (sulfide) groups is 1. The fourth-order valence-corrected chi connectivity index (χ4v) is 2.35. The van der Waals surface area contributed by atoms with E-state index in [9.17, 15) is 0 Å². The second-order valence-corrected chi connectivity index (χ2v) is 4.96. The summed E-state index contributed by atoms with van der Waals surface area (Å²) in [5.74, 6) is 1.84. The van der Waals surface area contributed by atoms with Crippen LogP contribution in [0.5, 0.6) is 0 Å². The molecule has 0 aliphatic rings. The molecule has 0 spiro atoms. The van der Waals surface area contributed by atoms with E-state index >= 15 is 0 Å². The van der Waals surface area contributed by atoms with Crippen molar-refractivity contribution in [3.63, 3.8) is 0 Å². The van der Waals surface area contributed by atoms with Gasteiger partial charge in [-0.25, -0.2) is 4.98 Å². The predicted octanol–water partition coefficient (Wildman–Crippen LogP) is 2.29. The predicted molar refractivity (Wildman–Crippen MR) is 67.0 cm³/mol. The summed E-state index contributed by atoms with van der Waals surface area (Å²) in [4.78, 5) is 4.18. The van der Waals surface area contributed by atoms with E-state index in [0.717, 1.165) is 18.7 Å². The summed E-state index contributed by atoms with van der Waals surface area (Å²) in [5.41, 5.74) is 7.18. The Morgan fingerprint density at radius 2 is 2.33 bits per heavy atom. The lowest BCUT2D eigenvalue weighted by Gasteiger charge is -2.16. The van der Waals surface area contributed by atoms with E-state index in [1.54, 1.807) is 0 Å². The van der Waals surface area contributed by atoms with Crippen molar-refractivity contribution in [3.05, 3.63) is 18.2 Å². The minimum atomic E-state index is 0.119. The molecule has 0 fully saturated rings. The number of hydrogen-bond donors (Lipinski definition) is 1. The standard InChI is InChI=1S/C11H21N3S/c1-4-10(12)11-5-13-8-14(11)6-9(2)7-15-3/h5,8-10H,4,6-7,12H2,1-3H3/t9?,10-/m1/s1. The van der Waals surface area contributed by atoms with Crippen molar-refractivity contribution < 1.29 is 0 Å². The Morgan fingerprint density at radius 3 is 2.93 bits per heavy atom. The third kappa shape index (κ3) is 3.54. The molecule has 0 radical (unpaired) electrons. The van der Waals surface area contributed by atoms with Crippen molar-refractivity contribution >= 4 is 11.8 Å². The quantitative estimate of drug-likeness (QED) is 0.811. The SMILES string of the molecule is CC[C@@H](N)c1cncn1CC(C)CSC. The monoisotopic (exact) mass is 227 g/mol. The van der Waals surface area contributed by atoms with Crippen molar-refractivity contribution in [1.29, 1.82) is 0 Å². The zero-order valence-electron chi connectivity index (χ0n) is 9.81. The molecule has 15 heavy (non-hydrogen) atoms. The van der Waals surface area contributed by atoms with Gasteiger partial charge in [-0.1, -0.05) is 13.8 Å². The molecule has 2 N–H and O–H groups in total. The third-order valence-corrected chi connectivity index (χ3v) is 3.43. The number of nitrogens with zero attached hydrogens (tertiary/aromatic N) is 2. The summed E-state index contributed by atoms with van der Waals surface area (Å²) >= 11 is 1.89. The lowest BCUT2D eigenvalue weighted by molar-refractivity contribution is 0.497. The molecule has 0 bridgehead atoms. The van der Waals surface area contributed by atoms with Crippen LogP contribution in [-0.4, -0.2) is 21.6 Å². The van der Waals surface area contributed by atoms with Gasteiger partial charge in [0.15, 0.2) is 0 Å². The zero-order chi connectivity index (χ0) is 11.3. The Morgan fingerprint density at radius 1 is 1.60 bits per heavy atom. The van der Waals surface area contributed by atoms with Crippen molar-refractivity contribution in [2.75, 3.05) is 12.0 Å². The van der Waals surface area contributed by atoms with Gasteiger partial charge in [0, 0.05) is 18.8 Å². The van der Waals surface area contributed by atoms with Crippen molar-refractivity contribution in [3.8, 4) is 0 Å². The molecular formula is C11H21N3S. The van der Waals surface area contributed by atoms with Crippen molar-refractivity contribution in [1.82, 2.24) is 9.55 Å². The maximum absolute atomic E-state index is 6.02. The minimum Gasteiger partial charge on any atom is -0.333 e. The van der Waals surface area contributed by atoms with Crippen LogP contribution in [0.4, 0.5) is 0 Å². The van der Waals surface area contributed by atoms with Crippen LogP contribution in [-0.2, 0) is 6.54 Å². The molecule has 0 aliphatic carbocycles. The summed E-state index contributed by atoms with van der Waals surface area (Å²) < 4.78 is 2.19. The van der Waals surface area contributed by atoms with E-state index in [2.05, 4.69) is 29.7 Å². The first kappa shape index (κ1) is 12.6. The summed E-state index contributed by atoms with van der Waals surface area (Å²) in [7, 11) is 0. The van der Waals surface area contributed by atoms with Gasteiger partial charge < -0.3 is 10.3 Å². The number of hydrogen-bond acceptors (Lipinski definition) is 3. The van der Waals surface area contributed by atoms with Crippen LogP contribution in [0.15, 0.2) is 12.5 Å². The summed E-state index contributed by atoms with van der Waals surface area (Å²) in [5, 5.41) is 0. The van der Waals surface area contributed by atoms with Crippen LogP contribution in [0.25, 0.3) is 0 Å². The van der Waals surface area contributed by atoms with Crippen LogP contribution in [0.2, 0.25) is 0 Å². The molecule has 1 heterocycles. The number of nitrogens with two attached hydrogens (primary N) is 1. The molecule has 0 aliphatic heterocycles. The van der Waals surface area contributed by atoms with Crippen LogP contribution < -0.4 is 5.73 Å². The lowest BCUT2D eigenvalue weighted by atomic mass is 10.1. The van der Waals surface area contributed by atoms with E-state index in [1.807, 2.05) is 24.3 Å². The van der Waals surface area contributed by atoms with E-state index in [1.165, 1.54) is 5.75 Å². The molecule has 2 atom stereocenters. The summed E-state index contributed by atoms with van der Waals surface area (Å²) in [6.45, 7) is 5.38. The van der Waals surface area contributed by atoms with Gasteiger partial charge in [0.05, 0.1) is 12.0 Å². The normalized spacial score (nSPS) is 15.2. The Kier molecular flexibility index (Phi) is 5.19. The number of rotatable bonds is 6. The van der Waals surface area contributed by atoms with Crippen LogP contribution >= 0.6 is 11.8 Å². The molecule has 1 aromatic rings. The van der Waals surface area contributed by atoms with Gasteiger partial charge >= 0.3 is 0 Å². The van der Waals surface area contributed by atoms with Crippen molar-refractivity contribution in [2.24, 2.45) is 11.7 Å².